The third kappa shape index (κ3) is 3.10. The van der Waals surface area contributed by atoms with E-state index in [1.54, 1.807) is 24.3 Å². The SMILES string of the molecule is Nc1nc(N)c2c(n1)NCC2CCNc1ccc(C(=O)O)cc1. The highest BCUT2D eigenvalue weighted by Gasteiger charge is 2.26. The lowest BCUT2D eigenvalue weighted by Crippen LogP contribution is -2.11. The van der Waals surface area contributed by atoms with Gasteiger partial charge >= 0.3 is 5.97 Å². The van der Waals surface area contributed by atoms with Crippen molar-refractivity contribution in [3.63, 3.8) is 0 Å². The van der Waals surface area contributed by atoms with Crippen molar-refractivity contribution in [1.29, 1.82) is 0 Å². The minimum atomic E-state index is -0.931. The van der Waals surface area contributed by atoms with E-state index in [-0.39, 0.29) is 17.4 Å². The van der Waals surface area contributed by atoms with Gasteiger partial charge in [-0.25, -0.2) is 4.79 Å². The van der Waals surface area contributed by atoms with E-state index >= 15 is 0 Å². The fourth-order valence-corrected chi connectivity index (χ4v) is 2.73. The first kappa shape index (κ1) is 14.9. The highest BCUT2D eigenvalue weighted by atomic mass is 16.4. The Hall–Kier alpha value is -3.03. The average Bonchev–Trinajstić information content (AvgIpc) is 2.91. The van der Waals surface area contributed by atoms with E-state index in [9.17, 15) is 4.79 Å². The summed E-state index contributed by atoms with van der Waals surface area (Å²) in [6.07, 6.45) is 0.845. The van der Waals surface area contributed by atoms with Gasteiger partial charge in [0, 0.05) is 30.3 Å². The van der Waals surface area contributed by atoms with Gasteiger partial charge in [-0.2, -0.15) is 9.97 Å². The van der Waals surface area contributed by atoms with Gasteiger partial charge in [-0.1, -0.05) is 0 Å². The molecular formula is C15H18N6O2. The Labute approximate surface area is 132 Å². The first-order chi connectivity index (χ1) is 11.0. The highest BCUT2D eigenvalue weighted by Crippen LogP contribution is 2.35. The summed E-state index contributed by atoms with van der Waals surface area (Å²) < 4.78 is 0. The van der Waals surface area contributed by atoms with E-state index < -0.39 is 5.97 Å². The number of rotatable bonds is 5. The lowest BCUT2D eigenvalue weighted by atomic mass is 9.99. The normalized spacial score (nSPS) is 15.7. The second-order valence-corrected chi connectivity index (χ2v) is 5.41. The molecule has 1 aromatic heterocycles. The molecule has 0 aliphatic carbocycles. The fourth-order valence-electron chi connectivity index (χ4n) is 2.73. The lowest BCUT2D eigenvalue weighted by molar-refractivity contribution is 0.0697. The zero-order chi connectivity index (χ0) is 16.4. The molecule has 2 aromatic rings. The van der Waals surface area contributed by atoms with E-state index in [0.717, 1.165) is 30.8 Å². The molecular weight excluding hydrogens is 296 g/mol. The number of fused-ring (bicyclic) bond motifs is 1. The number of nitrogens with zero attached hydrogens (tertiary/aromatic N) is 2. The number of hydrogen-bond acceptors (Lipinski definition) is 7. The number of hydrogen-bond donors (Lipinski definition) is 5. The molecule has 0 bridgehead atoms. The van der Waals surface area contributed by atoms with Crippen LogP contribution >= 0.6 is 0 Å². The number of carboxylic acid groups (broad SMARTS) is 1. The molecule has 1 aliphatic heterocycles. The van der Waals surface area contributed by atoms with Gasteiger partial charge in [0.1, 0.15) is 11.6 Å². The molecule has 0 saturated heterocycles. The van der Waals surface area contributed by atoms with E-state index in [4.69, 9.17) is 16.6 Å². The molecule has 1 aliphatic rings. The lowest BCUT2D eigenvalue weighted by Gasteiger charge is -2.13. The predicted octanol–water partition coefficient (Wildman–Crippen LogP) is 1.35. The van der Waals surface area contributed by atoms with E-state index in [1.807, 2.05) is 0 Å². The first-order valence-electron chi connectivity index (χ1n) is 7.28. The van der Waals surface area contributed by atoms with Gasteiger partial charge in [0.15, 0.2) is 0 Å². The van der Waals surface area contributed by atoms with Crippen LogP contribution in [0.3, 0.4) is 0 Å². The molecule has 1 aromatic carbocycles. The number of nitrogens with two attached hydrogens (primary N) is 2. The molecule has 0 radical (unpaired) electrons. The van der Waals surface area contributed by atoms with Gasteiger partial charge in [-0.05, 0) is 30.7 Å². The van der Waals surface area contributed by atoms with Crippen LogP contribution in [0.1, 0.15) is 28.3 Å². The van der Waals surface area contributed by atoms with Crippen LogP contribution in [0.15, 0.2) is 24.3 Å². The molecule has 0 amide bonds. The summed E-state index contributed by atoms with van der Waals surface area (Å²) in [7, 11) is 0. The zero-order valence-electron chi connectivity index (χ0n) is 12.4. The number of carboxylic acids is 1. The molecule has 120 valence electrons. The third-order valence-corrected chi connectivity index (χ3v) is 3.87. The number of aromatic nitrogens is 2. The second kappa shape index (κ2) is 5.99. The number of aromatic carboxylic acids is 1. The molecule has 0 saturated carbocycles. The summed E-state index contributed by atoms with van der Waals surface area (Å²) in [6, 6.07) is 6.66. The molecule has 0 fully saturated rings. The van der Waals surface area contributed by atoms with Crippen LogP contribution in [-0.4, -0.2) is 34.1 Å². The number of benzene rings is 1. The van der Waals surface area contributed by atoms with Crippen molar-refractivity contribution in [2.45, 2.75) is 12.3 Å². The van der Waals surface area contributed by atoms with Crippen molar-refractivity contribution in [3.8, 4) is 0 Å². The van der Waals surface area contributed by atoms with E-state index in [2.05, 4.69) is 20.6 Å². The Kier molecular flexibility index (Phi) is 3.88. The summed E-state index contributed by atoms with van der Waals surface area (Å²) in [6.45, 7) is 1.47. The maximum absolute atomic E-state index is 10.8. The number of carbonyl (C=O) groups is 1. The smallest absolute Gasteiger partial charge is 0.335 e. The Morgan fingerprint density at radius 1 is 1.30 bits per heavy atom. The zero-order valence-corrected chi connectivity index (χ0v) is 12.4. The van der Waals surface area contributed by atoms with Crippen LogP contribution < -0.4 is 22.1 Å². The van der Waals surface area contributed by atoms with Crippen molar-refractivity contribution in [2.75, 3.05) is 35.2 Å². The minimum absolute atomic E-state index is 0.172. The van der Waals surface area contributed by atoms with Crippen LogP contribution in [0, 0.1) is 0 Å². The van der Waals surface area contributed by atoms with Gasteiger partial charge in [0.25, 0.3) is 0 Å². The Bertz CT molecular complexity index is 731. The van der Waals surface area contributed by atoms with Gasteiger partial charge in [-0.3, -0.25) is 0 Å². The topological polar surface area (TPSA) is 139 Å². The van der Waals surface area contributed by atoms with Gasteiger partial charge in [0.2, 0.25) is 5.95 Å². The maximum Gasteiger partial charge on any atom is 0.335 e. The summed E-state index contributed by atoms with van der Waals surface area (Å²) in [5.41, 5.74) is 13.6. The molecule has 2 heterocycles. The molecule has 0 spiro atoms. The highest BCUT2D eigenvalue weighted by molar-refractivity contribution is 5.88. The monoisotopic (exact) mass is 314 g/mol. The molecule has 7 N–H and O–H groups in total. The first-order valence-corrected chi connectivity index (χ1v) is 7.28. The van der Waals surface area contributed by atoms with E-state index in [1.165, 1.54) is 0 Å². The molecule has 1 unspecified atom stereocenters. The Morgan fingerprint density at radius 3 is 2.74 bits per heavy atom. The average molecular weight is 314 g/mol. The third-order valence-electron chi connectivity index (χ3n) is 3.87. The second-order valence-electron chi connectivity index (χ2n) is 5.41. The summed E-state index contributed by atoms with van der Waals surface area (Å²) in [5, 5.41) is 15.3. The van der Waals surface area contributed by atoms with Crippen molar-refractivity contribution in [1.82, 2.24) is 9.97 Å². The van der Waals surface area contributed by atoms with Crippen LogP contribution in [0.2, 0.25) is 0 Å². The van der Waals surface area contributed by atoms with Gasteiger partial charge in [-0.15, -0.1) is 0 Å². The van der Waals surface area contributed by atoms with Gasteiger partial charge in [0.05, 0.1) is 5.56 Å². The predicted molar refractivity (Wildman–Crippen MR) is 88.6 cm³/mol. The number of nitrogen functional groups attached to an aromatic ring is 2. The summed E-state index contributed by atoms with van der Waals surface area (Å²) in [4.78, 5) is 19.0. The number of nitrogens with one attached hydrogen (secondary N) is 2. The van der Waals surface area contributed by atoms with Crippen molar-refractivity contribution in [2.24, 2.45) is 0 Å². The van der Waals surface area contributed by atoms with Crippen LogP contribution in [0.25, 0.3) is 0 Å². The molecule has 8 nitrogen and oxygen atoms in total. The van der Waals surface area contributed by atoms with Crippen molar-refractivity contribution < 1.29 is 9.90 Å². The van der Waals surface area contributed by atoms with Gasteiger partial charge < -0.3 is 27.2 Å². The molecule has 23 heavy (non-hydrogen) atoms. The summed E-state index contributed by atoms with van der Waals surface area (Å²) >= 11 is 0. The van der Waals surface area contributed by atoms with Crippen LogP contribution in [0.5, 0.6) is 0 Å². The standard InChI is InChI=1S/C15H18N6O2/c16-12-11-9(7-19-13(11)21-15(17)20-12)5-6-18-10-3-1-8(2-4-10)14(22)23/h1-4,9,18H,5-7H2,(H,22,23)(H5,16,17,19,20,21). The number of anilines is 4. The van der Waals surface area contributed by atoms with E-state index in [0.29, 0.717) is 11.6 Å². The Balaban J connectivity index is 1.60. The molecule has 8 heteroatoms. The van der Waals surface area contributed by atoms with Crippen LogP contribution in [0.4, 0.5) is 23.3 Å². The quantitative estimate of drug-likeness (QED) is 0.557. The largest absolute Gasteiger partial charge is 0.478 e. The van der Waals surface area contributed by atoms with Crippen LogP contribution in [-0.2, 0) is 0 Å². The molecule has 1 atom stereocenters. The van der Waals surface area contributed by atoms with Crippen molar-refractivity contribution in [3.05, 3.63) is 35.4 Å². The minimum Gasteiger partial charge on any atom is -0.478 e. The summed E-state index contributed by atoms with van der Waals surface area (Å²) in [5.74, 6) is 0.599. The fraction of sp³-hybridized carbons (Fsp3) is 0.267. The Morgan fingerprint density at radius 2 is 2.04 bits per heavy atom. The molecule has 3 rings (SSSR count). The maximum atomic E-state index is 10.8. The van der Waals surface area contributed by atoms with Crippen molar-refractivity contribution >= 4 is 29.2 Å².